The number of ether oxygens (including phenoxy) is 2. The van der Waals surface area contributed by atoms with Gasteiger partial charge in [-0.25, -0.2) is 4.68 Å². The van der Waals surface area contributed by atoms with Crippen LogP contribution >= 0.6 is 0 Å². The standard InChI is InChI=1S/C16H24N4O4/c21-13-9-24-14(8-20-7-12(18-19-20)10-1-2-10)15(13)17-16(22)11-3-5-23-6-4-11/h7,10-11,13-15,21H,1-6,8-9H2,(H,17,22)/t13-,14+,15+/m0/s1. The van der Waals surface area contributed by atoms with Gasteiger partial charge in [0, 0.05) is 31.2 Å². The molecule has 1 aromatic heterocycles. The molecular formula is C16H24N4O4. The van der Waals surface area contributed by atoms with Crippen LogP contribution in [0.1, 0.15) is 37.3 Å². The lowest BCUT2D eigenvalue weighted by atomic mass is 9.98. The predicted molar refractivity (Wildman–Crippen MR) is 83.2 cm³/mol. The second-order valence-electron chi connectivity index (χ2n) is 7.00. The number of hydrogen-bond donors (Lipinski definition) is 2. The molecule has 3 heterocycles. The van der Waals surface area contributed by atoms with E-state index in [0.29, 0.717) is 25.7 Å². The fourth-order valence-corrected chi connectivity index (χ4v) is 3.43. The minimum Gasteiger partial charge on any atom is -0.388 e. The Labute approximate surface area is 140 Å². The van der Waals surface area contributed by atoms with Gasteiger partial charge in [-0.05, 0) is 25.7 Å². The van der Waals surface area contributed by atoms with Crippen LogP contribution < -0.4 is 5.32 Å². The van der Waals surface area contributed by atoms with Gasteiger partial charge in [-0.3, -0.25) is 4.79 Å². The normalized spacial score (nSPS) is 31.3. The van der Waals surface area contributed by atoms with E-state index in [1.807, 2.05) is 6.20 Å². The van der Waals surface area contributed by atoms with Crippen molar-refractivity contribution < 1.29 is 19.4 Å². The Balaban J connectivity index is 1.37. The Morgan fingerprint density at radius 3 is 2.88 bits per heavy atom. The summed E-state index contributed by atoms with van der Waals surface area (Å²) in [5, 5.41) is 21.5. The summed E-state index contributed by atoms with van der Waals surface area (Å²) in [6.45, 7) is 1.95. The molecule has 0 radical (unpaired) electrons. The Kier molecular flexibility index (Phi) is 4.51. The Morgan fingerprint density at radius 1 is 1.33 bits per heavy atom. The third-order valence-corrected chi connectivity index (χ3v) is 5.12. The molecule has 1 amide bonds. The van der Waals surface area contributed by atoms with Crippen molar-refractivity contribution in [1.82, 2.24) is 20.3 Å². The Bertz CT molecular complexity index is 582. The van der Waals surface area contributed by atoms with E-state index in [9.17, 15) is 9.90 Å². The van der Waals surface area contributed by atoms with E-state index in [-0.39, 0.29) is 24.5 Å². The van der Waals surface area contributed by atoms with E-state index in [1.54, 1.807) is 4.68 Å². The average Bonchev–Trinajstić information content (AvgIpc) is 3.27. The van der Waals surface area contributed by atoms with Crippen molar-refractivity contribution in [3.63, 3.8) is 0 Å². The molecule has 0 unspecified atom stereocenters. The first-order valence-corrected chi connectivity index (χ1v) is 8.78. The number of rotatable bonds is 5. The zero-order chi connectivity index (χ0) is 16.5. The van der Waals surface area contributed by atoms with Crippen LogP contribution in [0, 0.1) is 5.92 Å². The summed E-state index contributed by atoms with van der Waals surface area (Å²) in [5.74, 6) is 0.494. The number of nitrogens with one attached hydrogen (secondary N) is 1. The third-order valence-electron chi connectivity index (χ3n) is 5.12. The van der Waals surface area contributed by atoms with Crippen molar-refractivity contribution in [2.24, 2.45) is 5.92 Å². The van der Waals surface area contributed by atoms with Crippen LogP contribution in [0.2, 0.25) is 0 Å². The minimum atomic E-state index is -0.690. The number of hydrogen-bond acceptors (Lipinski definition) is 6. The summed E-state index contributed by atoms with van der Waals surface area (Å²) in [7, 11) is 0. The van der Waals surface area contributed by atoms with E-state index >= 15 is 0 Å². The van der Waals surface area contributed by atoms with Gasteiger partial charge in [0.15, 0.2) is 0 Å². The van der Waals surface area contributed by atoms with Gasteiger partial charge in [0.1, 0.15) is 6.10 Å². The average molecular weight is 336 g/mol. The molecule has 0 bridgehead atoms. The highest BCUT2D eigenvalue weighted by Crippen LogP contribution is 2.38. The van der Waals surface area contributed by atoms with E-state index in [2.05, 4.69) is 15.6 Å². The maximum Gasteiger partial charge on any atom is 0.223 e. The Hall–Kier alpha value is -1.51. The highest BCUT2D eigenvalue weighted by Gasteiger charge is 2.39. The van der Waals surface area contributed by atoms with Crippen LogP contribution in [0.5, 0.6) is 0 Å². The molecule has 132 valence electrons. The number of nitrogens with zero attached hydrogens (tertiary/aromatic N) is 3. The smallest absolute Gasteiger partial charge is 0.223 e. The number of amides is 1. The SMILES string of the molecule is O=C(N[C@@H]1[C@@H](O)CO[C@@H]1Cn1cc(C2CC2)nn1)C1CCOCC1. The monoisotopic (exact) mass is 336 g/mol. The van der Waals surface area contributed by atoms with Gasteiger partial charge in [0.2, 0.25) is 5.91 Å². The summed E-state index contributed by atoms with van der Waals surface area (Å²) < 4.78 is 12.7. The first-order chi connectivity index (χ1) is 11.7. The molecule has 1 aromatic rings. The summed E-state index contributed by atoms with van der Waals surface area (Å²) in [4.78, 5) is 12.4. The summed E-state index contributed by atoms with van der Waals surface area (Å²) in [6, 6.07) is -0.408. The van der Waals surface area contributed by atoms with Crippen LogP contribution in [0.4, 0.5) is 0 Å². The van der Waals surface area contributed by atoms with Crippen LogP contribution in [-0.2, 0) is 20.8 Å². The topological polar surface area (TPSA) is 98.5 Å². The fraction of sp³-hybridized carbons (Fsp3) is 0.812. The number of carbonyl (C=O) groups excluding carboxylic acids is 1. The van der Waals surface area contributed by atoms with Gasteiger partial charge in [0.25, 0.3) is 0 Å². The van der Waals surface area contributed by atoms with Crippen LogP contribution in [0.15, 0.2) is 6.20 Å². The van der Waals surface area contributed by atoms with Gasteiger partial charge < -0.3 is 19.9 Å². The molecule has 3 aliphatic rings. The van der Waals surface area contributed by atoms with Crippen molar-refractivity contribution in [1.29, 1.82) is 0 Å². The number of aromatic nitrogens is 3. The summed E-state index contributed by atoms with van der Waals surface area (Å²) in [5.41, 5.74) is 1.02. The van der Waals surface area contributed by atoms with Crippen molar-refractivity contribution >= 4 is 5.91 Å². The third kappa shape index (κ3) is 3.45. The molecule has 2 aliphatic heterocycles. The van der Waals surface area contributed by atoms with Crippen molar-refractivity contribution in [3.05, 3.63) is 11.9 Å². The number of carbonyl (C=O) groups is 1. The fourth-order valence-electron chi connectivity index (χ4n) is 3.43. The zero-order valence-corrected chi connectivity index (χ0v) is 13.6. The van der Waals surface area contributed by atoms with Crippen molar-refractivity contribution in [3.8, 4) is 0 Å². The summed E-state index contributed by atoms with van der Waals surface area (Å²) in [6.07, 6.45) is 4.79. The lowest BCUT2D eigenvalue weighted by Gasteiger charge is -2.26. The largest absolute Gasteiger partial charge is 0.388 e. The molecule has 2 saturated heterocycles. The molecule has 24 heavy (non-hydrogen) atoms. The minimum absolute atomic E-state index is 0.0184. The van der Waals surface area contributed by atoms with Crippen LogP contribution in [-0.4, -0.2) is 64.1 Å². The molecule has 2 N–H and O–H groups in total. The van der Waals surface area contributed by atoms with E-state index in [0.717, 1.165) is 18.5 Å². The molecule has 8 nitrogen and oxygen atoms in total. The highest BCUT2D eigenvalue weighted by atomic mass is 16.5. The molecule has 1 saturated carbocycles. The maximum absolute atomic E-state index is 12.4. The van der Waals surface area contributed by atoms with E-state index < -0.39 is 12.1 Å². The van der Waals surface area contributed by atoms with E-state index in [4.69, 9.17) is 9.47 Å². The van der Waals surface area contributed by atoms with E-state index in [1.165, 1.54) is 12.8 Å². The molecule has 1 aliphatic carbocycles. The van der Waals surface area contributed by atoms with Gasteiger partial charge in [-0.1, -0.05) is 5.21 Å². The van der Waals surface area contributed by atoms with Crippen LogP contribution in [0.25, 0.3) is 0 Å². The molecular weight excluding hydrogens is 312 g/mol. The first-order valence-electron chi connectivity index (χ1n) is 8.78. The maximum atomic E-state index is 12.4. The van der Waals surface area contributed by atoms with Gasteiger partial charge >= 0.3 is 0 Å². The number of aliphatic hydroxyl groups excluding tert-OH is 1. The lowest BCUT2D eigenvalue weighted by molar-refractivity contribution is -0.129. The number of aliphatic hydroxyl groups is 1. The van der Waals surface area contributed by atoms with Crippen LogP contribution in [0.3, 0.4) is 0 Å². The molecule has 0 spiro atoms. The molecule has 3 atom stereocenters. The molecule has 3 fully saturated rings. The van der Waals surface area contributed by atoms with Gasteiger partial charge in [-0.15, -0.1) is 5.10 Å². The van der Waals surface area contributed by atoms with Gasteiger partial charge in [0.05, 0.1) is 31.0 Å². The van der Waals surface area contributed by atoms with Crippen molar-refractivity contribution in [2.75, 3.05) is 19.8 Å². The zero-order valence-electron chi connectivity index (χ0n) is 13.6. The first kappa shape index (κ1) is 16.0. The second kappa shape index (κ2) is 6.78. The molecule has 8 heteroatoms. The molecule has 4 rings (SSSR count). The predicted octanol–water partition coefficient (Wildman–Crippen LogP) is -0.173. The second-order valence-corrected chi connectivity index (χ2v) is 7.00. The lowest BCUT2D eigenvalue weighted by Crippen LogP contribution is -2.50. The summed E-state index contributed by atoms with van der Waals surface area (Å²) >= 11 is 0. The highest BCUT2D eigenvalue weighted by molar-refractivity contribution is 5.79. The molecule has 0 aromatic carbocycles. The van der Waals surface area contributed by atoms with Gasteiger partial charge in [-0.2, -0.15) is 0 Å². The Morgan fingerprint density at radius 2 is 2.12 bits per heavy atom. The van der Waals surface area contributed by atoms with Crippen molar-refractivity contribution in [2.45, 2.75) is 56.4 Å². The quantitative estimate of drug-likeness (QED) is 0.774.